The van der Waals surface area contributed by atoms with Crippen LogP contribution < -0.4 is 5.32 Å². The zero-order chi connectivity index (χ0) is 12.8. The maximum Gasteiger partial charge on any atom is 0.273 e. The predicted octanol–water partition coefficient (Wildman–Crippen LogP) is 0.871. The maximum absolute atomic E-state index is 11.7. The lowest BCUT2D eigenvalue weighted by molar-refractivity contribution is 0.0911. The van der Waals surface area contributed by atoms with E-state index in [0.29, 0.717) is 6.42 Å². The molecule has 1 heterocycles. The Morgan fingerprint density at radius 3 is 2.78 bits per heavy atom. The van der Waals surface area contributed by atoms with Crippen LogP contribution in [0.2, 0.25) is 0 Å². The smallest absolute Gasteiger partial charge is 0.273 e. The monoisotopic (exact) mass is 263 g/mol. The number of amides is 1. The molecule has 1 amide bonds. The van der Waals surface area contributed by atoms with Gasteiger partial charge in [-0.15, -0.1) is 5.10 Å². The molecule has 0 unspecified atom stereocenters. The first-order valence-corrected chi connectivity index (χ1v) is 6.36. The van der Waals surface area contributed by atoms with E-state index in [1.165, 1.54) is 0 Å². The fourth-order valence-corrected chi connectivity index (χ4v) is 2.02. The third kappa shape index (κ3) is 3.35. The van der Waals surface area contributed by atoms with E-state index in [-0.39, 0.29) is 24.2 Å². The first-order chi connectivity index (χ1) is 8.79. The molecular weight excluding hydrogens is 250 g/mol. The molecule has 0 aliphatic carbocycles. The standard InChI is InChI=1S/C12H13N3O2S/c16-7-10(6-9-4-2-1-3-5-9)13-12(17)11-8-18-15-14-11/h1-5,8,10,16H,6-7H2,(H,13,17)/t10-/m1/s1. The highest BCUT2D eigenvalue weighted by molar-refractivity contribution is 7.03. The van der Waals surface area contributed by atoms with E-state index < -0.39 is 0 Å². The van der Waals surface area contributed by atoms with Gasteiger partial charge in [-0.2, -0.15) is 0 Å². The van der Waals surface area contributed by atoms with E-state index >= 15 is 0 Å². The first kappa shape index (κ1) is 12.7. The fourth-order valence-electron chi connectivity index (χ4n) is 1.58. The summed E-state index contributed by atoms with van der Waals surface area (Å²) in [5, 5.41) is 17.3. The molecule has 18 heavy (non-hydrogen) atoms. The van der Waals surface area contributed by atoms with Gasteiger partial charge in [0.15, 0.2) is 5.69 Å². The molecule has 1 aromatic carbocycles. The van der Waals surface area contributed by atoms with Crippen molar-refractivity contribution in [2.24, 2.45) is 0 Å². The molecule has 94 valence electrons. The number of aliphatic hydroxyl groups excluding tert-OH is 1. The summed E-state index contributed by atoms with van der Waals surface area (Å²) in [5.41, 5.74) is 1.35. The van der Waals surface area contributed by atoms with E-state index in [1.54, 1.807) is 5.38 Å². The van der Waals surface area contributed by atoms with Crippen molar-refractivity contribution in [3.8, 4) is 0 Å². The summed E-state index contributed by atoms with van der Waals surface area (Å²) < 4.78 is 3.63. The summed E-state index contributed by atoms with van der Waals surface area (Å²) in [6.07, 6.45) is 0.584. The molecule has 0 aliphatic heterocycles. The summed E-state index contributed by atoms with van der Waals surface area (Å²) in [6, 6.07) is 9.38. The molecule has 0 saturated heterocycles. The van der Waals surface area contributed by atoms with Crippen LogP contribution in [0.25, 0.3) is 0 Å². The van der Waals surface area contributed by atoms with Crippen LogP contribution in [0.1, 0.15) is 16.1 Å². The minimum absolute atomic E-state index is 0.113. The van der Waals surface area contributed by atoms with Gasteiger partial charge in [0.25, 0.3) is 5.91 Å². The van der Waals surface area contributed by atoms with E-state index in [1.807, 2.05) is 30.3 Å². The number of aromatic nitrogens is 2. The third-order valence-corrected chi connectivity index (χ3v) is 2.98. The number of aliphatic hydroxyl groups is 1. The van der Waals surface area contributed by atoms with E-state index in [0.717, 1.165) is 17.1 Å². The highest BCUT2D eigenvalue weighted by atomic mass is 32.1. The van der Waals surface area contributed by atoms with Crippen molar-refractivity contribution in [1.29, 1.82) is 0 Å². The van der Waals surface area contributed by atoms with Crippen molar-refractivity contribution in [2.75, 3.05) is 6.61 Å². The Morgan fingerprint density at radius 2 is 2.17 bits per heavy atom. The van der Waals surface area contributed by atoms with Crippen LogP contribution in [0.5, 0.6) is 0 Å². The molecule has 5 nitrogen and oxygen atoms in total. The number of rotatable bonds is 5. The number of hydrogen-bond donors (Lipinski definition) is 2. The van der Waals surface area contributed by atoms with Gasteiger partial charge in [0.2, 0.25) is 0 Å². The van der Waals surface area contributed by atoms with Crippen LogP contribution in [0.15, 0.2) is 35.7 Å². The first-order valence-electron chi connectivity index (χ1n) is 5.52. The molecule has 0 bridgehead atoms. The maximum atomic E-state index is 11.7. The summed E-state index contributed by atoms with van der Waals surface area (Å²) in [4.78, 5) is 11.7. The van der Waals surface area contributed by atoms with Gasteiger partial charge in [-0.05, 0) is 23.5 Å². The van der Waals surface area contributed by atoms with Gasteiger partial charge in [-0.1, -0.05) is 34.8 Å². The van der Waals surface area contributed by atoms with Crippen molar-refractivity contribution in [2.45, 2.75) is 12.5 Å². The average molecular weight is 263 g/mol. The molecule has 1 aromatic heterocycles. The fraction of sp³-hybridized carbons (Fsp3) is 0.250. The Morgan fingerprint density at radius 1 is 1.39 bits per heavy atom. The summed E-state index contributed by atoms with van der Waals surface area (Å²) in [7, 11) is 0. The van der Waals surface area contributed by atoms with Crippen molar-refractivity contribution >= 4 is 17.4 Å². The summed E-state index contributed by atoms with van der Waals surface area (Å²) in [5.74, 6) is -0.307. The lowest BCUT2D eigenvalue weighted by Gasteiger charge is -2.15. The van der Waals surface area contributed by atoms with Gasteiger partial charge < -0.3 is 10.4 Å². The number of nitrogens with zero attached hydrogens (tertiary/aromatic N) is 2. The SMILES string of the molecule is O=C(N[C@@H](CO)Cc1ccccc1)c1csnn1. The number of nitrogens with one attached hydrogen (secondary N) is 1. The molecule has 2 rings (SSSR count). The highest BCUT2D eigenvalue weighted by Crippen LogP contribution is 2.04. The van der Waals surface area contributed by atoms with Crippen molar-refractivity contribution in [3.05, 3.63) is 47.0 Å². The minimum Gasteiger partial charge on any atom is -0.394 e. The largest absolute Gasteiger partial charge is 0.394 e. The molecular formula is C12H13N3O2S. The van der Waals surface area contributed by atoms with Crippen LogP contribution in [0.3, 0.4) is 0 Å². The van der Waals surface area contributed by atoms with Crippen LogP contribution in [0, 0.1) is 0 Å². The lowest BCUT2D eigenvalue weighted by atomic mass is 10.1. The predicted molar refractivity (Wildman–Crippen MR) is 68.4 cm³/mol. The van der Waals surface area contributed by atoms with Crippen molar-refractivity contribution in [3.63, 3.8) is 0 Å². The van der Waals surface area contributed by atoms with Gasteiger partial charge in [-0.3, -0.25) is 4.79 Å². The van der Waals surface area contributed by atoms with Crippen LogP contribution in [0.4, 0.5) is 0 Å². The molecule has 2 aromatic rings. The Kier molecular flexibility index (Phi) is 4.38. The normalized spacial score (nSPS) is 12.1. The van der Waals surface area contributed by atoms with Crippen molar-refractivity contribution in [1.82, 2.24) is 14.9 Å². The van der Waals surface area contributed by atoms with Crippen LogP contribution in [-0.2, 0) is 6.42 Å². The number of benzene rings is 1. The van der Waals surface area contributed by atoms with Gasteiger partial charge in [-0.25, -0.2) is 0 Å². The molecule has 0 radical (unpaired) electrons. The van der Waals surface area contributed by atoms with E-state index in [9.17, 15) is 9.90 Å². The molecule has 0 saturated carbocycles. The van der Waals surface area contributed by atoms with Gasteiger partial charge >= 0.3 is 0 Å². The van der Waals surface area contributed by atoms with Gasteiger partial charge in [0.05, 0.1) is 12.6 Å². The minimum atomic E-state index is -0.318. The molecule has 0 fully saturated rings. The lowest BCUT2D eigenvalue weighted by Crippen LogP contribution is -2.39. The van der Waals surface area contributed by atoms with Crippen LogP contribution in [-0.4, -0.2) is 33.2 Å². The zero-order valence-corrected chi connectivity index (χ0v) is 10.4. The summed E-state index contributed by atoms with van der Waals surface area (Å²) >= 11 is 1.12. The zero-order valence-electron chi connectivity index (χ0n) is 9.61. The van der Waals surface area contributed by atoms with Crippen molar-refractivity contribution < 1.29 is 9.90 Å². The Bertz CT molecular complexity index is 487. The Hall–Kier alpha value is -1.79. The van der Waals surface area contributed by atoms with Gasteiger partial charge in [0.1, 0.15) is 0 Å². The summed E-state index contributed by atoms with van der Waals surface area (Å²) in [6.45, 7) is -0.113. The average Bonchev–Trinajstić information content (AvgIpc) is 2.93. The second kappa shape index (κ2) is 6.23. The van der Waals surface area contributed by atoms with E-state index in [2.05, 4.69) is 14.9 Å². The quantitative estimate of drug-likeness (QED) is 0.839. The molecule has 0 spiro atoms. The number of hydrogen-bond acceptors (Lipinski definition) is 5. The number of carbonyl (C=O) groups is 1. The topological polar surface area (TPSA) is 75.1 Å². The molecule has 2 N–H and O–H groups in total. The second-order valence-electron chi connectivity index (χ2n) is 3.83. The Balaban J connectivity index is 1.96. The number of carbonyl (C=O) groups excluding carboxylic acids is 1. The van der Waals surface area contributed by atoms with E-state index in [4.69, 9.17) is 0 Å². The van der Waals surface area contributed by atoms with Gasteiger partial charge in [0, 0.05) is 5.38 Å². The highest BCUT2D eigenvalue weighted by Gasteiger charge is 2.15. The molecule has 1 atom stereocenters. The Labute approximate surface area is 109 Å². The van der Waals surface area contributed by atoms with Crippen LogP contribution >= 0.6 is 11.5 Å². The molecule has 6 heteroatoms. The third-order valence-electron chi connectivity index (χ3n) is 2.47. The molecule has 0 aliphatic rings. The second-order valence-corrected chi connectivity index (χ2v) is 4.44.